The Labute approximate surface area is 118 Å². The van der Waals surface area contributed by atoms with E-state index in [1.165, 1.54) is 12.8 Å². The third-order valence-corrected chi connectivity index (χ3v) is 3.89. The standard InChI is InChI=1S/C13H23N3O4/c1-10(8-16-5-2-3-6-16)14-12(19)15-13(11(17)18)4-7-20-9-13/h10H,2-9H2,1H3,(H,17,18)(H2,14,15,19). The highest BCUT2D eigenvalue weighted by molar-refractivity contribution is 5.86. The number of carbonyl (C=O) groups is 2. The van der Waals surface area contributed by atoms with Crippen LogP contribution in [0.2, 0.25) is 0 Å². The van der Waals surface area contributed by atoms with E-state index in [1.54, 1.807) is 0 Å². The maximum absolute atomic E-state index is 11.9. The zero-order valence-corrected chi connectivity index (χ0v) is 11.9. The van der Waals surface area contributed by atoms with Crippen LogP contribution in [0.4, 0.5) is 4.79 Å². The molecule has 0 spiro atoms. The van der Waals surface area contributed by atoms with E-state index >= 15 is 0 Å². The number of nitrogens with one attached hydrogen (secondary N) is 2. The Bertz CT molecular complexity index is 363. The largest absolute Gasteiger partial charge is 0.479 e. The lowest BCUT2D eigenvalue weighted by atomic mass is 9.99. The van der Waals surface area contributed by atoms with Gasteiger partial charge in [0.2, 0.25) is 0 Å². The molecule has 0 aromatic heterocycles. The SMILES string of the molecule is CC(CN1CCCC1)NC(=O)NC1(C(=O)O)CCOC1. The van der Waals surface area contributed by atoms with Gasteiger partial charge in [0, 0.05) is 25.6 Å². The summed E-state index contributed by atoms with van der Waals surface area (Å²) >= 11 is 0. The Morgan fingerprint density at radius 2 is 2.10 bits per heavy atom. The number of rotatable bonds is 5. The van der Waals surface area contributed by atoms with Gasteiger partial charge in [0.05, 0.1) is 6.61 Å². The van der Waals surface area contributed by atoms with Gasteiger partial charge < -0.3 is 25.4 Å². The first kappa shape index (κ1) is 15.1. The van der Waals surface area contributed by atoms with E-state index in [0.29, 0.717) is 13.0 Å². The molecule has 0 aromatic carbocycles. The maximum Gasteiger partial charge on any atom is 0.332 e. The molecule has 2 heterocycles. The average Bonchev–Trinajstić information content (AvgIpc) is 3.00. The zero-order valence-electron chi connectivity index (χ0n) is 11.9. The van der Waals surface area contributed by atoms with Gasteiger partial charge in [-0.05, 0) is 32.9 Å². The van der Waals surface area contributed by atoms with Crippen LogP contribution in [0.15, 0.2) is 0 Å². The molecule has 20 heavy (non-hydrogen) atoms. The topological polar surface area (TPSA) is 90.9 Å². The van der Waals surface area contributed by atoms with Gasteiger partial charge in [0.1, 0.15) is 0 Å². The van der Waals surface area contributed by atoms with Gasteiger partial charge in [-0.15, -0.1) is 0 Å². The first-order chi connectivity index (χ1) is 9.52. The number of ether oxygens (including phenoxy) is 1. The predicted molar refractivity (Wildman–Crippen MR) is 72.6 cm³/mol. The van der Waals surface area contributed by atoms with E-state index in [-0.39, 0.29) is 12.6 Å². The molecule has 7 heteroatoms. The van der Waals surface area contributed by atoms with Gasteiger partial charge in [0.25, 0.3) is 0 Å². The average molecular weight is 285 g/mol. The predicted octanol–water partition coefficient (Wildman–Crippen LogP) is 0.0136. The molecule has 2 fully saturated rings. The maximum atomic E-state index is 11.9. The van der Waals surface area contributed by atoms with Crippen LogP contribution >= 0.6 is 0 Å². The fraction of sp³-hybridized carbons (Fsp3) is 0.846. The summed E-state index contributed by atoms with van der Waals surface area (Å²) in [4.78, 5) is 25.5. The van der Waals surface area contributed by atoms with Crippen molar-refractivity contribution in [2.45, 2.75) is 37.8 Å². The van der Waals surface area contributed by atoms with E-state index < -0.39 is 17.5 Å². The summed E-state index contributed by atoms with van der Waals surface area (Å²) in [5.41, 5.74) is -1.28. The number of nitrogens with zero attached hydrogens (tertiary/aromatic N) is 1. The molecule has 2 atom stereocenters. The molecule has 0 bridgehead atoms. The molecular formula is C13H23N3O4. The van der Waals surface area contributed by atoms with Crippen LogP contribution in [-0.4, -0.2) is 66.4 Å². The molecule has 3 N–H and O–H groups in total. The minimum absolute atomic E-state index is 0.0127. The van der Waals surface area contributed by atoms with Crippen molar-refractivity contribution in [3.05, 3.63) is 0 Å². The van der Waals surface area contributed by atoms with Gasteiger partial charge in [-0.3, -0.25) is 0 Å². The highest BCUT2D eigenvalue weighted by Gasteiger charge is 2.44. The molecule has 2 rings (SSSR count). The minimum Gasteiger partial charge on any atom is -0.479 e. The molecule has 0 aliphatic carbocycles. The molecule has 2 unspecified atom stereocenters. The lowest BCUT2D eigenvalue weighted by Crippen LogP contribution is -2.59. The number of carbonyl (C=O) groups excluding carboxylic acids is 1. The molecule has 0 aromatic rings. The molecule has 0 radical (unpaired) electrons. The number of amides is 2. The Hall–Kier alpha value is -1.34. The molecule has 0 saturated carbocycles. The van der Waals surface area contributed by atoms with Gasteiger partial charge in [-0.2, -0.15) is 0 Å². The number of carboxylic acid groups (broad SMARTS) is 1. The lowest BCUT2D eigenvalue weighted by molar-refractivity contribution is -0.144. The second-order valence-corrected chi connectivity index (χ2v) is 5.70. The van der Waals surface area contributed by atoms with Crippen molar-refractivity contribution in [2.75, 3.05) is 32.8 Å². The molecule has 2 aliphatic heterocycles. The number of hydrogen-bond acceptors (Lipinski definition) is 4. The zero-order chi connectivity index (χ0) is 14.6. The summed E-state index contributed by atoms with van der Waals surface area (Å²) in [7, 11) is 0. The molecule has 7 nitrogen and oxygen atoms in total. The highest BCUT2D eigenvalue weighted by Crippen LogP contribution is 2.18. The van der Waals surface area contributed by atoms with E-state index in [2.05, 4.69) is 15.5 Å². The van der Waals surface area contributed by atoms with E-state index in [9.17, 15) is 14.7 Å². The molecule has 114 valence electrons. The van der Waals surface area contributed by atoms with Gasteiger partial charge in [-0.25, -0.2) is 9.59 Å². The van der Waals surface area contributed by atoms with E-state index in [0.717, 1.165) is 19.6 Å². The minimum atomic E-state index is -1.28. The third-order valence-electron chi connectivity index (χ3n) is 3.89. The Morgan fingerprint density at radius 1 is 1.40 bits per heavy atom. The van der Waals surface area contributed by atoms with Crippen molar-refractivity contribution < 1.29 is 19.4 Å². The molecule has 2 aliphatic rings. The van der Waals surface area contributed by atoms with Gasteiger partial charge in [0.15, 0.2) is 5.54 Å². The first-order valence-corrected chi connectivity index (χ1v) is 7.14. The molecular weight excluding hydrogens is 262 g/mol. The van der Waals surface area contributed by atoms with Crippen molar-refractivity contribution >= 4 is 12.0 Å². The van der Waals surface area contributed by atoms with E-state index in [1.807, 2.05) is 6.92 Å². The van der Waals surface area contributed by atoms with Crippen molar-refractivity contribution in [2.24, 2.45) is 0 Å². The van der Waals surface area contributed by atoms with Crippen LogP contribution in [0.3, 0.4) is 0 Å². The van der Waals surface area contributed by atoms with Gasteiger partial charge in [-0.1, -0.05) is 0 Å². The summed E-state index contributed by atoms with van der Waals surface area (Å²) in [6.07, 6.45) is 2.72. The van der Waals surface area contributed by atoms with Crippen LogP contribution < -0.4 is 10.6 Å². The first-order valence-electron chi connectivity index (χ1n) is 7.14. The molecule has 2 amide bonds. The van der Waals surface area contributed by atoms with Crippen LogP contribution in [0.5, 0.6) is 0 Å². The fourth-order valence-electron chi connectivity index (χ4n) is 2.76. The third kappa shape index (κ3) is 3.61. The van der Waals surface area contributed by atoms with Crippen molar-refractivity contribution in [1.29, 1.82) is 0 Å². The summed E-state index contributed by atoms with van der Waals surface area (Å²) in [5.74, 6) is -1.04. The van der Waals surface area contributed by atoms with Crippen LogP contribution in [0, 0.1) is 0 Å². The van der Waals surface area contributed by atoms with Crippen LogP contribution in [0.1, 0.15) is 26.2 Å². The number of likely N-dealkylation sites (tertiary alicyclic amines) is 1. The summed E-state index contributed by atoms with van der Waals surface area (Å²) in [5, 5.41) is 14.6. The van der Waals surface area contributed by atoms with Crippen molar-refractivity contribution in [3.8, 4) is 0 Å². The highest BCUT2D eigenvalue weighted by atomic mass is 16.5. The Morgan fingerprint density at radius 3 is 2.65 bits per heavy atom. The van der Waals surface area contributed by atoms with Crippen LogP contribution in [-0.2, 0) is 9.53 Å². The quantitative estimate of drug-likeness (QED) is 0.662. The lowest BCUT2D eigenvalue weighted by Gasteiger charge is -2.26. The Kier molecular flexibility index (Phi) is 4.82. The number of aliphatic carboxylic acids is 1. The summed E-state index contributed by atoms with van der Waals surface area (Å²) in [6.45, 7) is 5.24. The van der Waals surface area contributed by atoms with Crippen LogP contribution in [0.25, 0.3) is 0 Å². The number of hydrogen-bond donors (Lipinski definition) is 3. The van der Waals surface area contributed by atoms with E-state index in [4.69, 9.17) is 4.74 Å². The summed E-state index contributed by atoms with van der Waals surface area (Å²) in [6, 6.07) is -0.453. The second-order valence-electron chi connectivity index (χ2n) is 5.70. The normalized spacial score (nSPS) is 28.2. The molecule has 2 saturated heterocycles. The monoisotopic (exact) mass is 285 g/mol. The smallest absolute Gasteiger partial charge is 0.332 e. The number of urea groups is 1. The summed E-state index contributed by atoms with van der Waals surface area (Å²) < 4.78 is 5.10. The van der Waals surface area contributed by atoms with Crippen molar-refractivity contribution in [1.82, 2.24) is 15.5 Å². The number of carboxylic acids is 1. The second kappa shape index (κ2) is 6.41. The Balaban J connectivity index is 1.80. The van der Waals surface area contributed by atoms with Gasteiger partial charge >= 0.3 is 12.0 Å². The fourth-order valence-corrected chi connectivity index (χ4v) is 2.76. The van der Waals surface area contributed by atoms with Crippen molar-refractivity contribution in [3.63, 3.8) is 0 Å².